The predicted octanol–water partition coefficient (Wildman–Crippen LogP) is 2.88. The Hall–Kier alpha value is -2.13. The van der Waals surface area contributed by atoms with Crippen LogP contribution in [0.3, 0.4) is 0 Å². The first kappa shape index (κ1) is 14.3. The smallest absolute Gasteiger partial charge is 0.321 e. The highest BCUT2D eigenvalue weighted by molar-refractivity contribution is 5.76. The van der Waals surface area contributed by atoms with Crippen molar-refractivity contribution in [3.63, 3.8) is 0 Å². The molecule has 2 aromatic rings. The van der Waals surface area contributed by atoms with Crippen molar-refractivity contribution >= 4 is 5.97 Å². The summed E-state index contributed by atoms with van der Waals surface area (Å²) in [6.45, 7) is 2.54. The summed E-state index contributed by atoms with van der Waals surface area (Å²) in [5.74, 6) is -1.03. The second-order valence-corrected chi connectivity index (χ2v) is 4.67. The normalized spacial score (nSPS) is 12.3. The van der Waals surface area contributed by atoms with Crippen LogP contribution in [-0.2, 0) is 4.79 Å². The predicted molar refractivity (Wildman–Crippen MR) is 79.8 cm³/mol. The third kappa shape index (κ3) is 3.25. The zero-order valence-electron chi connectivity index (χ0n) is 11.5. The van der Waals surface area contributed by atoms with Crippen LogP contribution in [0.25, 0.3) is 0 Å². The van der Waals surface area contributed by atoms with Crippen molar-refractivity contribution in [2.45, 2.75) is 18.9 Å². The summed E-state index contributed by atoms with van der Waals surface area (Å²) >= 11 is 0. The van der Waals surface area contributed by atoms with Crippen molar-refractivity contribution in [3.8, 4) is 0 Å². The van der Waals surface area contributed by atoms with Gasteiger partial charge >= 0.3 is 5.97 Å². The summed E-state index contributed by atoms with van der Waals surface area (Å²) < 4.78 is 0. The second kappa shape index (κ2) is 6.87. The number of likely N-dealkylation sites (N-methyl/N-ethyl adjacent to an activating group) is 1. The Labute approximate surface area is 119 Å². The second-order valence-electron chi connectivity index (χ2n) is 4.67. The van der Waals surface area contributed by atoms with Crippen LogP contribution in [0.4, 0.5) is 0 Å². The van der Waals surface area contributed by atoms with Gasteiger partial charge in [-0.1, -0.05) is 67.6 Å². The average Bonchev–Trinajstić information content (AvgIpc) is 2.49. The van der Waals surface area contributed by atoms with Gasteiger partial charge < -0.3 is 10.4 Å². The number of carboxylic acid groups (broad SMARTS) is 1. The Morgan fingerprint density at radius 2 is 1.45 bits per heavy atom. The minimum Gasteiger partial charge on any atom is -0.480 e. The lowest BCUT2D eigenvalue weighted by Gasteiger charge is -2.25. The molecule has 0 aliphatic carbocycles. The first-order valence-corrected chi connectivity index (χ1v) is 6.80. The van der Waals surface area contributed by atoms with Crippen LogP contribution < -0.4 is 5.32 Å². The number of carbonyl (C=O) groups is 1. The van der Waals surface area contributed by atoms with E-state index in [-0.39, 0.29) is 5.92 Å². The van der Waals surface area contributed by atoms with E-state index in [1.54, 1.807) is 0 Å². The van der Waals surface area contributed by atoms with Crippen LogP contribution in [0.1, 0.15) is 24.0 Å². The molecule has 2 aromatic carbocycles. The van der Waals surface area contributed by atoms with Crippen molar-refractivity contribution in [2.24, 2.45) is 0 Å². The third-order valence-corrected chi connectivity index (χ3v) is 3.34. The number of hydrogen-bond acceptors (Lipinski definition) is 2. The van der Waals surface area contributed by atoms with Crippen LogP contribution in [0.5, 0.6) is 0 Å². The number of aliphatic carboxylic acids is 1. The molecule has 0 bridgehead atoms. The molecule has 0 saturated heterocycles. The van der Waals surface area contributed by atoms with E-state index in [9.17, 15) is 9.90 Å². The van der Waals surface area contributed by atoms with E-state index < -0.39 is 12.0 Å². The van der Waals surface area contributed by atoms with Crippen molar-refractivity contribution < 1.29 is 9.90 Å². The molecule has 0 saturated carbocycles. The van der Waals surface area contributed by atoms with E-state index in [4.69, 9.17) is 0 Å². The van der Waals surface area contributed by atoms with Gasteiger partial charge in [0, 0.05) is 5.92 Å². The molecular weight excluding hydrogens is 250 g/mol. The van der Waals surface area contributed by atoms with E-state index in [2.05, 4.69) is 5.32 Å². The highest BCUT2D eigenvalue weighted by Gasteiger charge is 2.29. The number of benzene rings is 2. The van der Waals surface area contributed by atoms with Crippen molar-refractivity contribution in [1.82, 2.24) is 5.32 Å². The van der Waals surface area contributed by atoms with E-state index in [0.29, 0.717) is 6.54 Å². The molecule has 0 radical (unpaired) electrons. The van der Waals surface area contributed by atoms with Gasteiger partial charge in [0.15, 0.2) is 0 Å². The largest absolute Gasteiger partial charge is 0.480 e. The summed E-state index contributed by atoms with van der Waals surface area (Å²) in [6, 6.07) is 18.9. The maximum atomic E-state index is 11.6. The van der Waals surface area contributed by atoms with Gasteiger partial charge in [-0.3, -0.25) is 4.79 Å². The molecule has 0 aliphatic rings. The van der Waals surface area contributed by atoms with Crippen molar-refractivity contribution in [1.29, 1.82) is 0 Å². The summed E-state index contributed by atoms with van der Waals surface area (Å²) in [5.41, 5.74) is 2.01. The zero-order valence-corrected chi connectivity index (χ0v) is 11.5. The van der Waals surface area contributed by atoms with Gasteiger partial charge in [0.1, 0.15) is 6.04 Å². The van der Waals surface area contributed by atoms with Crippen molar-refractivity contribution in [3.05, 3.63) is 71.8 Å². The lowest BCUT2D eigenvalue weighted by molar-refractivity contribution is -0.139. The summed E-state index contributed by atoms with van der Waals surface area (Å²) in [7, 11) is 0. The van der Waals surface area contributed by atoms with Crippen LogP contribution in [0.2, 0.25) is 0 Å². The van der Waals surface area contributed by atoms with Crippen LogP contribution >= 0.6 is 0 Å². The molecule has 2 rings (SSSR count). The Bertz CT molecular complexity index is 500. The summed E-state index contributed by atoms with van der Waals surface area (Å²) in [4.78, 5) is 11.6. The standard InChI is InChI=1S/C17H19NO2/c1-2-18-16(17(19)20)15(13-9-5-3-6-10-13)14-11-7-4-8-12-14/h3-12,15-16,18H,2H2,1H3,(H,19,20). The number of nitrogens with one attached hydrogen (secondary N) is 1. The molecule has 0 spiro atoms. The van der Waals surface area contributed by atoms with Crippen LogP contribution in [-0.4, -0.2) is 23.7 Å². The molecule has 3 nitrogen and oxygen atoms in total. The van der Waals surface area contributed by atoms with Crippen LogP contribution in [0, 0.1) is 0 Å². The summed E-state index contributed by atoms with van der Waals surface area (Å²) in [5, 5.41) is 12.6. The fourth-order valence-corrected chi connectivity index (χ4v) is 2.47. The quantitative estimate of drug-likeness (QED) is 0.847. The number of carboxylic acids is 1. The van der Waals surface area contributed by atoms with Gasteiger partial charge in [0.2, 0.25) is 0 Å². The molecule has 0 heterocycles. The number of hydrogen-bond donors (Lipinski definition) is 2. The first-order valence-electron chi connectivity index (χ1n) is 6.80. The van der Waals surface area contributed by atoms with Crippen LogP contribution in [0.15, 0.2) is 60.7 Å². The van der Waals surface area contributed by atoms with Gasteiger partial charge in [0.05, 0.1) is 0 Å². The van der Waals surface area contributed by atoms with Gasteiger partial charge in [-0.15, -0.1) is 0 Å². The molecule has 0 aromatic heterocycles. The molecule has 0 amide bonds. The average molecular weight is 269 g/mol. The topological polar surface area (TPSA) is 49.3 Å². The fourth-order valence-electron chi connectivity index (χ4n) is 2.47. The van der Waals surface area contributed by atoms with E-state index in [1.165, 1.54) is 0 Å². The molecule has 20 heavy (non-hydrogen) atoms. The van der Waals surface area contributed by atoms with E-state index >= 15 is 0 Å². The highest BCUT2D eigenvalue weighted by atomic mass is 16.4. The third-order valence-electron chi connectivity index (χ3n) is 3.34. The molecule has 2 N–H and O–H groups in total. The first-order chi connectivity index (χ1) is 9.74. The van der Waals surface area contributed by atoms with Gasteiger partial charge in [-0.25, -0.2) is 0 Å². The Morgan fingerprint density at radius 1 is 1.00 bits per heavy atom. The fraction of sp³-hybridized carbons (Fsp3) is 0.235. The molecule has 104 valence electrons. The summed E-state index contributed by atoms with van der Waals surface area (Å²) in [6.07, 6.45) is 0. The van der Waals surface area contributed by atoms with E-state index in [0.717, 1.165) is 11.1 Å². The molecular formula is C17H19NO2. The molecule has 0 fully saturated rings. The minimum atomic E-state index is -0.829. The molecule has 0 aliphatic heterocycles. The maximum absolute atomic E-state index is 11.6. The molecule has 1 atom stereocenters. The lowest BCUT2D eigenvalue weighted by Crippen LogP contribution is -2.42. The number of rotatable bonds is 6. The SMILES string of the molecule is CCNC(C(=O)O)C(c1ccccc1)c1ccccc1. The Morgan fingerprint density at radius 3 is 1.80 bits per heavy atom. The van der Waals surface area contributed by atoms with Gasteiger partial charge in [-0.05, 0) is 17.7 Å². The van der Waals surface area contributed by atoms with Crippen molar-refractivity contribution in [2.75, 3.05) is 6.54 Å². The minimum absolute atomic E-state index is 0.199. The maximum Gasteiger partial charge on any atom is 0.321 e. The monoisotopic (exact) mass is 269 g/mol. The Kier molecular flexibility index (Phi) is 4.91. The van der Waals surface area contributed by atoms with Gasteiger partial charge in [-0.2, -0.15) is 0 Å². The Balaban J connectivity index is 2.46. The van der Waals surface area contributed by atoms with E-state index in [1.807, 2.05) is 67.6 Å². The molecule has 1 unspecified atom stereocenters. The lowest BCUT2D eigenvalue weighted by atomic mass is 9.85. The molecule has 3 heteroatoms. The zero-order chi connectivity index (χ0) is 14.4. The highest BCUT2D eigenvalue weighted by Crippen LogP contribution is 2.28. The van der Waals surface area contributed by atoms with Gasteiger partial charge in [0.25, 0.3) is 0 Å².